The molecule has 0 aromatic carbocycles. The van der Waals surface area contributed by atoms with Crippen molar-refractivity contribution in [2.75, 3.05) is 20.6 Å². The van der Waals surface area contributed by atoms with Gasteiger partial charge in [-0.15, -0.1) is 0 Å². The summed E-state index contributed by atoms with van der Waals surface area (Å²) in [5.74, 6) is 0.145. The van der Waals surface area contributed by atoms with Crippen LogP contribution in [0.25, 0.3) is 0 Å². The van der Waals surface area contributed by atoms with Gasteiger partial charge in [0, 0.05) is 39.8 Å². The van der Waals surface area contributed by atoms with Crippen molar-refractivity contribution in [3.05, 3.63) is 18.2 Å². The lowest BCUT2D eigenvalue weighted by molar-refractivity contribution is -0.128. The van der Waals surface area contributed by atoms with E-state index in [9.17, 15) is 4.79 Å². The number of imidazole rings is 1. The Bertz CT molecular complexity index is 346. The lowest BCUT2D eigenvalue weighted by atomic mass is 10.3. The van der Waals surface area contributed by atoms with Crippen molar-refractivity contribution in [2.24, 2.45) is 0 Å². The molecule has 0 saturated heterocycles. The highest BCUT2D eigenvalue weighted by Gasteiger charge is 2.06. The quantitative estimate of drug-likeness (QED) is 0.717. The highest BCUT2D eigenvalue weighted by Crippen LogP contribution is 2.01. The Morgan fingerprint density at radius 3 is 2.94 bits per heavy atom. The van der Waals surface area contributed by atoms with Crippen LogP contribution in [0.1, 0.15) is 25.5 Å². The van der Waals surface area contributed by atoms with E-state index in [0.717, 1.165) is 25.2 Å². The number of hydrogen-bond donors (Lipinski definition) is 1. The molecule has 0 atom stereocenters. The summed E-state index contributed by atoms with van der Waals surface area (Å²) in [5, 5.41) is 3.33. The van der Waals surface area contributed by atoms with Crippen LogP contribution in [0.15, 0.2) is 12.5 Å². The summed E-state index contributed by atoms with van der Waals surface area (Å²) in [6.07, 6.45) is 5.27. The van der Waals surface area contributed by atoms with Crippen molar-refractivity contribution in [1.82, 2.24) is 19.8 Å². The third kappa shape index (κ3) is 4.56. The summed E-state index contributed by atoms with van der Waals surface area (Å²) < 4.78 is 2.03. The second-order valence-corrected chi connectivity index (χ2v) is 4.29. The molecular weight excluding hydrogens is 216 g/mol. The average Bonchev–Trinajstić information content (AvgIpc) is 2.74. The first-order chi connectivity index (χ1) is 8.15. The van der Waals surface area contributed by atoms with E-state index in [-0.39, 0.29) is 5.91 Å². The Labute approximate surface area is 103 Å². The molecule has 0 unspecified atom stereocenters. The van der Waals surface area contributed by atoms with Crippen LogP contribution in [0, 0.1) is 0 Å². The molecule has 0 radical (unpaired) electrons. The predicted octanol–water partition coefficient (Wildman–Crippen LogP) is 0.861. The van der Waals surface area contributed by atoms with E-state index in [2.05, 4.69) is 17.2 Å². The van der Waals surface area contributed by atoms with Crippen LogP contribution in [-0.2, 0) is 17.9 Å². The molecule has 1 amide bonds. The number of aryl methyl sites for hydroxylation is 1. The Hall–Kier alpha value is -1.36. The molecule has 1 rings (SSSR count). The van der Waals surface area contributed by atoms with Crippen LogP contribution in [0.5, 0.6) is 0 Å². The maximum Gasteiger partial charge on any atom is 0.223 e. The zero-order valence-corrected chi connectivity index (χ0v) is 10.9. The summed E-state index contributed by atoms with van der Waals surface area (Å²) in [7, 11) is 3.56. The molecular formula is C12H22N4O. The lowest BCUT2D eigenvalue weighted by Crippen LogP contribution is -2.23. The molecule has 5 heteroatoms. The van der Waals surface area contributed by atoms with Gasteiger partial charge in [-0.3, -0.25) is 4.79 Å². The molecule has 0 saturated carbocycles. The van der Waals surface area contributed by atoms with Crippen LogP contribution in [-0.4, -0.2) is 41.0 Å². The molecule has 96 valence electrons. The van der Waals surface area contributed by atoms with E-state index in [0.29, 0.717) is 13.0 Å². The second-order valence-electron chi connectivity index (χ2n) is 4.29. The Balaban J connectivity index is 2.42. The largest absolute Gasteiger partial charge is 0.349 e. The molecule has 0 spiro atoms. The second kappa shape index (κ2) is 7.06. The molecule has 5 nitrogen and oxygen atoms in total. The standard InChI is InChI=1S/C12H22N4O/c1-4-6-13-8-11-9-14-10-16(11)7-5-12(17)15(2)3/h9-10,13H,4-8H2,1-3H3. The van der Waals surface area contributed by atoms with Crippen molar-refractivity contribution in [3.63, 3.8) is 0 Å². The van der Waals surface area contributed by atoms with Crippen molar-refractivity contribution in [2.45, 2.75) is 32.9 Å². The van der Waals surface area contributed by atoms with Gasteiger partial charge in [0.05, 0.1) is 12.0 Å². The van der Waals surface area contributed by atoms with E-state index in [1.807, 2.05) is 10.8 Å². The van der Waals surface area contributed by atoms with Crippen LogP contribution >= 0.6 is 0 Å². The molecule has 1 aromatic heterocycles. The molecule has 1 heterocycles. The number of amides is 1. The maximum atomic E-state index is 11.5. The molecule has 1 aromatic rings. The first-order valence-corrected chi connectivity index (χ1v) is 6.05. The minimum absolute atomic E-state index is 0.145. The summed E-state index contributed by atoms with van der Waals surface area (Å²) in [6.45, 7) is 4.64. The fourth-order valence-electron chi connectivity index (χ4n) is 1.53. The fraction of sp³-hybridized carbons (Fsp3) is 0.667. The molecule has 0 aliphatic carbocycles. The summed E-state index contributed by atoms with van der Waals surface area (Å²) in [4.78, 5) is 17.2. The van der Waals surface area contributed by atoms with Crippen LogP contribution in [0.2, 0.25) is 0 Å². The van der Waals surface area contributed by atoms with Gasteiger partial charge >= 0.3 is 0 Å². The summed E-state index contributed by atoms with van der Waals surface area (Å²) in [6, 6.07) is 0. The predicted molar refractivity (Wildman–Crippen MR) is 67.5 cm³/mol. The van der Waals surface area contributed by atoms with E-state index in [4.69, 9.17) is 0 Å². The maximum absolute atomic E-state index is 11.5. The summed E-state index contributed by atoms with van der Waals surface area (Å²) in [5.41, 5.74) is 1.13. The SMILES string of the molecule is CCCNCc1cncn1CCC(=O)N(C)C. The number of nitrogens with zero attached hydrogens (tertiary/aromatic N) is 3. The van der Waals surface area contributed by atoms with Gasteiger partial charge in [-0.25, -0.2) is 4.98 Å². The number of hydrogen-bond acceptors (Lipinski definition) is 3. The van der Waals surface area contributed by atoms with Crippen LogP contribution in [0.3, 0.4) is 0 Å². The fourth-order valence-corrected chi connectivity index (χ4v) is 1.53. The van der Waals surface area contributed by atoms with Gasteiger partial charge in [-0.1, -0.05) is 6.92 Å². The number of aromatic nitrogens is 2. The Morgan fingerprint density at radius 1 is 1.53 bits per heavy atom. The van der Waals surface area contributed by atoms with Crippen LogP contribution in [0.4, 0.5) is 0 Å². The van der Waals surface area contributed by atoms with E-state index >= 15 is 0 Å². The van der Waals surface area contributed by atoms with Gasteiger partial charge in [0.1, 0.15) is 0 Å². The molecule has 0 fully saturated rings. The zero-order chi connectivity index (χ0) is 12.7. The Kier molecular flexibility index (Phi) is 5.69. The zero-order valence-electron chi connectivity index (χ0n) is 10.9. The number of carbonyl (C=O) groups is 1. The van der Waals surface area contributed by atoms with Gasteiger partial charge < -0.3 is 14.8 Å². The highest BCUT2D eigenvalue weighted by molar-refractivity contribution is 5.75. The van der Waals surface area contributed by atoms with Crippen molar-refractivity contribution in [3.8, 4) is 0 Å². The van der Waals surface area contributed by atoms with Gasteiger partial charge in [-0.2, -0.15) is 0 Å². The number of rotatable bonds is 7. The van der Waals surface area contributed by atoms with Gasteiger partial charge in [-0.05, 0) is 13.0 Å². The topological polar surface area (TPSA) is 50.2 Å². The van der Waals surface area contributed by atoms with Crippen molar-refractivity contribution >= 4 is 5.91 Å². The van der Waals surface area contributed by atoms with E-state index in [1.54, 1.807) is 25.3 Å². The minimum atomic E-state index is 0.145. The smallest absolute Gasteiger partial charge is 0.223 e. The van der Waals surface area contributed by atoms with Crippen molar-refractivity contribution < 1.29 is 4.79 Å². The van der Waals surface area contributed by atoms with Crippen molar-refractivity contribution in [1.29, 1.82) is 0 Å². The van der Waals surface area contributed by atoms with Gasteiger partial charge in [0.25, 0.3) is 0 Å². The lowest BCUT2D eigenvalue weighted by Gasteiger charge is -2.12. The minimum Gasteiger partial charge on any atom is -0.349 e. The molecule has 0 bridgehead atoms. The number of nitrogens with one attached hydrogen (secondary N) is 1. The monoisotopic (exact) mass is 238 g/mol. The third-order valence-corrected chi connectivity index (χ3v) is 2.60. The van der Waals surface area contributed by atoms with Gasteiger partial charge in [0.15, 0.2) is 0 Å². The molecule has 0 aliphatic heterocycles. The number of carbonyl (C=O) groups excluding carboxylic acids is 1. The average molecular weight is 238 g/mol. The third-order valence-electron chi connectivity index (χ3n) is 2.60. The van der Waals surface area contributed by atoms with E-state index in [1.165, 1.54) is 0 Å². The molecule has 0 aliphatic rings. The molecule has 17 heavy (non-hydrogen) atoms. The first-order valence-electron chi connectivity index (χ1n) is 6.05. The Morgan fingerprint density at radius 2 is 2.29 bits per heavy atom. The van der Waals surface area contributed by atoms with Gasteiger partial charge in [0.2, 0.25) is 5.91 Å². The van der Waals surface area contributed by atoms with E-state index < -0.39 is 0 Å². The normalized spacial score (nSPS) is 10.5. The molecule has 1 N–H and O–H groups in total. The highest BCUT2D eigenvalue weighted by atomic mass is 16.2. The summed E-state index contributed by atoms with van der Waals surface area (Å²) >= 11 is 0. The first kappa shape index (κ1) is 13.7. The van der Waals surface area contributed by atoms with Crippen LogP contribution < -0.4 is 5.32 Å².